The predicted octanol–water partition coefficient (Wildman–Crippen LogP) is 2.03. The minimum absolute atomic E-state index is 0.0941. The molecule has 1 aromatic rings. The average molecular weight is 273 g/mol. The number of hydrogen-bond acceptors (Lipinski definition) is 3. The van der Waals surface area contributed by atoms with Crippen LogP contribution in [0.25, 0.3) is 0 Å². The van der Waals surface area contributed by atoms with E-state index >= 15 is 0 Å². The maximum Gasteiger partial charge on any atom is 0.104 e. The van der Waals surface area contributed by atoms with Gasteiger partial charge in [-0.3, -0.25) is 4.90 Å². The van der Waals surface area contributed by atoms with Crippen LogP contribution in [0.2, 0.25) is 0 Å². The fraction of sp³-hybridized carbons (Fsp3) is 0.529. The van der Waals surface area contributed by atoms with E-state index in [1.807, 2.05) is 12.1 Å². The standard InChI is InChI=1S/C17H23NO2/c1-3-17-13-20-14(2)11-18(17)12-16-7-4-6-15(10-16)8-5-9-19/h4,6-7,10,14,17,19H,3,9,11-13H2,1-2H3. The summed E-state index contributed by atoms with van der Waals surface area (Å²) in [5.41, 5.74) is 2.23. The van der Waals surface area contributed by atoms with Crippen LogP contribution in [0.15, 0.2) is 24.3 Å². The molecule has 0 spiro atoms. The molecule has 0 bridgehead atoms. The van der Waals surface area contributed by atoms with E-state index in [0.29, 0.717) is 12.1 Å². The molecule has 1 heterocycles. The third kappa shape index (κ3) is 4.08. The highest BCUT2D eigenvalue weighted by molar-refractivity contribution is 5.37. The van der Waals surface area contributed by atoms with Gasteiger partial charge < -0.3 is 9.84 Å². The highest BCUT2D eigenvalue weighted by Gasteiger charge is 2.25. The lowest BCUT2D eigenvalue weighted by Crippen LogP contribution is -2.47. The molecule has 0 radical (unpaired) electrons. The van der Waals surface area contributed by atoms with Gasteiger partial charge in [-0.1, -0.05) is 30.9 Å². The van der Waals surface area contributed by atoms with Gasteiger partial charge in [-0.25, -0.2) is 0 Å². The first kappa shape index (κ1) is 15.1. The van der Waals surface area contributed by atoms with Gasteiger partial charge in [0.25, 0.3) is 0 Å². The average Bonchev–Trinajstić information content (AvgIpc) is 2.46. The Kier molecular flexibility index (Phi) is 5.60. The summed E-state index contributed by atoms with van der Waals surface area (Å²) in [6, 6.07) is 8.75. The zero-order valence-corrected chi connectivity index (χ0v) is 12.3. The lowest BCUT2D eigenvalue weighted by atomic mass is 10.1. The van der Waals surface area contributed by atoms with E-state index in [0.717, 1.165) is 31.7 Å². The molecule has 1 aromatic carbocycles. The smallest absolute Gasteiger partial charge is 0.104 e. The molecule has 1 aliphatic rings. The first-order chi connectivity index (χ1) is 9.72. The van der Waals surface area contributed by atoms with E-state index in [1.165, 1.54) is 5.56 Å². The molecule has 0 aliphatic carbocycles. The number of morpholine rings is 1. The Balaban J connectivity index is 2.07. The van der Waals surface area contributed by atoms with Crippen LogP contribution in [0.1, 0.15) is 31.4 Å². The normalized spacial score (nSPS) is 23.1. The summed E-state index contributed by atoms with van der Waals surface area (Å²) >= 11 is 0. The largest absolute Gasteiger partial charge is 0.384 e. The van der Waals surface area contributed by atoms with Crippen LogP contribution in [0.4, 0.5) is 0 Å². The van der Waals surface area contributed by atoms with Crippen molar-refractivity contribution in [2.24, 2.45) is 0 Å². The van der Waals surface area contributed by atoms with Crippen molar-refractivity contribution in [2.45, 2.75) is 39.0 Å². The molecular weight excluding hydrogens is 250 g/mol. The summed E-state index contributed by atoms with van der Waals surface area (Å²) in [6.07, 6.45) is 1.41. The molecular formula is C17H23NO2. The number of hydrogen-bond donors (Lipinski definition) is 1. The second-order valence-electron chi connectivity index (χ2n) is 5.30. The van der Waals surface area contributed by atoms with Crippen LogP contribution in [0.5, 0.6) is 0 Å². The molecule has 1 fully saturated rings. The third-order valence-corrected chi connectivity index (χ3v) is 3.68. The number of rotatable bonds is 3. The van der Waals surface area contributed by atoms with E-state index in [9.17, 15) is 0 Å². The molecule has 3 nitrogen and oxygen atoms in total. The van der Waals surface area contributed by atoms with E-state index in [-0.39, 0.29) is 6.61 Å². The van der Waals surface area contributed by atoms with Crippen molar-refractivity contribution in [1.82, 2.24) is 4.90 Å². The molecule has 2 rings (SSSR count). The number of ether oxygens (including phenoxy) is 1. The van der Waals surface area contributed by atoms with Gasteiger partial charge >= 0.3 is 0 Å². The van der Waals surface area contributed by atoms with Crippen molar-refractivity contribution in [3.8, 4) is 11.8 Å². The molecule has 1 N–H and O–H groups in total. The Hall–Kier alpha value is -1.34. The van der Waals surface area contributed by atoms with Gasteiger partial charge in [0, 0.05) is 24.7 Å². The summed E-state index contributed by atoms with van der Waals surface area (Å²) in [5.74, 6) is 5.66. The molecule has 20 heavy (non-hydrogen) atoms. The lowest BCUT2D eigenvalue weighted by molar-refractivity contribution is -0.0592. The number of benzene rings is 1. The van der Waals surface area contributed by atoms with Gasteiger partial charge in [-0.2, -0.15) is 0 Å². The van der Waals surface area contributed by atoms with Crippen molar-refractivity contribution < 1.29 is 9.84 Å². The van der Waals surface area contributed by atoms with E-state index < -0.39 is 0 Å². The Morgan fingerprint density at radius 3 is 3.05 bits per heavy atom. The zero-order chi connectivity index (χ0) is 14.4. The van der Waals surface area contributed by atoms with Gasteiger partial charge in [0.1, 0.15) is 6.61 Å². The van der Waals surface area contributed by atoms with Crippen LogP contribution in [-0.2, 0) is 11.3 Å². The van der Waals surface area contributed by atoms with E-state index in [2.05, 4.69) is 42.7 Å². The van der Waals surface area contributed by atoms with Gasteiger partial charge in [-0.15, -0.1) is 0 Å². The van der Waals surface area contributed by atoms with Crippen LogP contribution in [0.3, 0.4) is 0 Å². The number of nitrogens with zero attached hydrogens (tertiary/aromatic N) is 1. The maximum absolute atomic E-state index is 8.76. The van der Waals surface area contributed by atoms with E-state index in [1.54, 1.807) is 0 Å². The molecule has 108 valence electrons. The lowest BCUT2D eigenvalue weighted by Gasteiger charge is -2.38. The monoisotopic (exact) mass is 273 g/mol. The summed E-state index contributed by atoms with van der Waals surface area (Å²) in [4.78, 5) is 2.49. The summed E-state index contributed by atoms with van der Waals surface area (Å²) in [7, 11) is 0. The summed E-state index contributed by atoms with van der Waals surface area (Å²) in [6.45, 7) is 6.97. The van der Waals surface area contributed by atoms with Crippen molar-refractivity contribution >= 4 is 0 Å². The Morgan fingerprint density at radius 1 is 1.45 bits per heavy atom. The van der Waals surface area contributed by atoms with Crippen molar-refractivity contribution in [1.29, 1.82) is 0 Å². The fourth-order valence-electron chi connectivity index (χ4n) is 2.61. The number of aliphatic hydroxyl groups excluding tert-OH is 1. The zero-order valence-electron chi connectivity index (χ0n) is 12.3. The first-order valence-electron chi connectivity index (χ1n) is 7.27. The second kappa shape index (κ2) is 7.44. The van der Waals surface area contributed by atoms with Gasteiger partial charge in [0.2, 0.25) is 0 Å². The molecule has 0 aromatic heterocycles. The van der Waals surface area contributed by atoms with Crippen LogP contribution >= 0.6 is 0 Å². The molecule has 2 unspecified atom stereocenters. The van der Waals surface area contributed by atoms with Crippen molar-refractivity contribution in [3.63, 3.8) is 0 Å². The predicted molar refractivity (Wildman–Crippen MR) is 80.3 cm³/mol. The van der Waals surface area contributed by atoms with Crippen LogP contribution < -0.4 is 0 Å². The van der Waals surface area contributed by atoms with Crippen LogP contribution in [-0.4, -0.2) is 41.9 Å². The molecule has 0 saturated carbocycles. The Labute approximate surface area is 121 Å². The molecule has 2 atom stereocenters. The minimum Gasteiger partial charge on any atom is -0.384 e. The molecule has 3 heteroatoms. The fourth-order valence-corrected chi connectivity index (χ4v) is 2.61. The summed E-state index contributed by atoms with van der Waals surface area (Å²) in [5, 5.41) is 8.76. The number of aliphatic hydroxyl groups is 1. The Bertz CT molecular complexity index is 489. The van der Waals surface area contributed by atoms with E-state index in [4.69, 9.17) is 9.84 Å². The SMILES string of the molecule is CCC1COC(C)CN1Cc1cccc(C#CCO)c1. The highest BCUT2D eigenvalue weighted by Crippen LogP contribution is 2.18. The highest BCUT2D eigenvalue weighted by atomic mass is 16.5. The van der Waals surface area contributed by atoms with Crippen molar-refractivity contribution in [3.05, 3.63) is 35.4 Å². The van der Waals surface area contributed by atoms with Crippen molar-refractivity contribution in [2.75, 3.05) is 19.8 Å². The second-order valence-corrected chi connectivity index (χ2v) is 5.30. The first-order valence-corrected chi connectivity index (χ1v) is 7.27. The maximum atomic E-state index is 8.76. The third-order valence-electron chi connectivity index (χ3n) is 3.68. The van der Waals surface area contributed by atoms with Crippen LogP contribution in [0, 0.1) is 11.8 Å². The summed E-state index contributed by atoms with van der Waals surface area (Å²) < 4.78 is 5.73. The quantitative estimate of drug-likeness (QED) is 0.855. The van der Waals surface area contributed by atoms with Gasteiger partial charge in [0.15, 0.2) is 0 Å². The molecule has 0 amide bonds. The minimum atomic E-state index is -0.0941. The van der Waals surface area contributed by atoms with Gasteiger partial charge in [0.05, 0.1) is 12.7 Å². The molecule has 1 aliphatic heterocycles. The Morgan fingerprint density at radius 2 is 2.30 bits per heavy atom. The van der Waals surface area contributed by atoms with Gasteiger partial charge in [-0.05, 0) is 31.0 Å². The topological polar surface area (TPSA) is 32.7 Å². The molecule has 1 saturated heterocycles.